The minimum atomic E-state index is 1.17. The average molecular weight is 485 g/mol. The van der Waals surface area contributed by atoms with E-state index in [1.165, 1.54) is 66.1 Å². The highest BCUT2D eigenvalue weighted by Gasteiger charge is 2.20. The standard InChI is InChI=1S/C36H24N2/c1-3-11-25(12-4-1)26-19-21-28(22-20-26)38-32-17-9-7-15-29(32)30-23-24-34-35(36(30)38)31-16-8-10-18-33(31)37(34)27-13-5-2-6-14-27/h1-24H. The Bertz CT molecular complexity index is 2100. The van der Waals surface area contributed by atoms with Gasteiger partial charge in [0, 0.05) is 32.9 Å². The number of nitrogens with zero attached hydrogens (tertiary/aromatic N) is 2. The van der Waals surface area contributed by atoms with E-state index in [2.05, 4.69) is 155 Å². The molecule has 0 saturated carbocycles. The minimum absolute atomic E-state index is 1.17. The first kappa shape index (κ1) is 21.0. The summed E-state index contributed by atoms with van der Waals surface area (Å²) < 4.78 is 4.84. The molecule has 0 radical (unpaired) electrons. The van der Waals surface area contributed by atoms with E-state index in [0.29, 0.717) is 0 Å². The third kappa shape index (κ3) is 3.01. The zero-order valence-corrected chi connectivity index (χ0v) is 20.8. The van der Waals surface area contributed by atoms with Gasteiger partial charge in [-0.15, -0.1) is 0 Å². The second-order valence-corrected chi connectivity index (χ2v) is 9.81. The van der Waals surface area contributed by atoms with Crippen molar-refractivity contribution in [2.75, 3.05) is 0 Å². The lowest BCUT2D eigenvalue weighted by Crippen LogP contribution is -1.95. The number of hydrogen-bond donors (Lipinski definition) is 0. The molecule has 6 aromatic carbocycles. The Hall–Kier alpha value is -5.08. The molecule has 38 heavy (non-hydrogen) atoms. The predicted molar refractivity (Wildman–Crippen MR) is 161 cm³/mol. The maximum atomic E-state index is 2.45. The zero-order valence-electron chi connectivity index (χ0n) is 20.8. The lowest BCUT2D eigenvalue weighted by Gasteiger charge is -2.11. The number of rotatable bonds is 3. The van der Waals surface area contributed by atoms with Crippen LogP contribution in [0.4, 0.5) is 0 Å². The van der Waals surface area contributed by atoms with Gasteiger partial charge >= 0.3 is 0 Å². The molecular formula is C36H24N2. The number of benzene rings is 6. The Labute approximate surface area is 220 Å². The SMILES string of the molecule is c1ccc(-c2ccc(-n3c4ccccc4c4ccc5c(c6ccccc6n5-c5ccccc5)c43)cc2)cc1. The Morgan fingerprint density at radius 1 is 0.316 bits per heavy atom. The van der Waals surface area contributed by atoms with Crippen molar-refractivity contribution in [2.45, 2.75) is 0 Å². The molecule has 0 fully saturated rings. The molecule has 2 heteroatoms. The molecule has 0 aliphatic rings. The molecule has 8 aromatic rings. The van der Waals surface area contributed by atoms with E-state index in [4.69, 9.17) is 0 Å². The van der Waals surface area contributed by atoms with Crippen molar-refractivity contribution >= 4 is 43.6 Å². The highest BCUT2D eigenvalue weighted by Crippen LogP contribution is 2.41. The fourth-order valence-corrected chi connectivity index (χ4v) is 6.07. The third-order valence-electron chi connectivity index (χ3n) is 7.72. The van der Waals surface area contributed by atoms with Crippen LogP contribution in [0.1, 0.15) is 0 Å². The molecule has 0 saturated heterocycles. The number of aromatic nitrogens is 2. The summed E-state index contributed by atoms with van der Waals surface area (Å²) in [7, 11) is 0. The van der Waals surface area contributed by atoms with Crippen LogP contribution in [-0.2, 0) is 0 Å². The number of para-hydroxylation sites is 3. The molecule has 8 rings (SSSR count). The summed E-state index contributed by atoms with van der Waals surface area (Å²) in [5, 5.41) is 5.09. The van der Waals surface area contributed by atoms with E-state index in [-0.39, 0.29) is 0 Å². The molecule has 2 nitrogen and oxygen atoms in total. The van der Waals surface area contributed by atoms with E-state index in [0.717, 1.165) is 0 Å². The van der Waals surface area contributed by atoms with Gasteiger partial charge in [0.25, 0.3) is 0 Å². The Morgan fingerprint density at radius 3 is 1.61 bits per heavy atom. The molecule has 0 atom stereocenters. The normalized spacial score (nSPS) is 11.7. The van der Waals surface area contributed by atoms with Crippen LogP contribution in [0.25, 0.3) is 66.1 Å². The summed E-state index contributed by atoms with van der Waals surface area (Å²) in [4.78, 5) is 0. The highest BCUT2D eigenvalue weighted by atomic mass is 15.0. The molecule has 178 valence electrons. The van der Waals surface area contributed by atoms with Crippen LogP contribution in [0.3, 0.4) is 0 Å². The summed E-state index contributed by atoms with van der Waals surface area (Å²) in [6.45, 7) is 0. The topological polar surface area (TPSA) is 9.86 Å². The first-order valence-corrected chi connectivity index (χ1v) is 13.0. The highest BCUT2D eigenvalue weighted by molar-refractivity contribution is 6.26. The predicted octanol–water partition coefficient (Wildman–Crippen LogP) is 9.55. The van der Waals surface area contributed by atoms with Gasteiger partial charge in [-0.3, -0.25) is 0 Å². The summed E-state index contributed by atoms with van der Waals surface area (Å²) in [6.07, 6.45) is 0. The quantitative estimate of drug-likeness (QED) is 0.236. The van der Waals surface area contributed by atoms with Crippen LogP contribution >= 0.6 is 0 Å². The summed E-state index contributed by atoms with van der Waals surface area (Å²) in [6, 6.07) is 52.4. The van der Waals surface area contributed by atoms with Crippen molar-refractivity contribution < 1.29 is 0 Å². The van der Waals surface area contributed by atoms with E-state index in [1.807, 2.05) is 0 Å². The van der Waals surface area contributed by atoms with Crippen molar-refractivity contribution in [1.29, 1.82) is 0 Å². The maximum Gasteiger partial charge on any atom is 0.0641 e. The van der Waals surface area contributed by atoms with Gasteiger partial charge in [0.2, 0.25) is 0 Å². The Kier molecular flexibility index (Phi) is 4.55. The van der Waals surface area contributed by atoms with E-state index < -0.39 is 0 Å². The fraction of sp³-hybridized carbons (Fsp3) is 0. The molecule has 0 bridgehead atoms. The number of hydrogen-bond acceptors (Lipinski definition) is 0. The van der Waals surface area contributed by atoms with Crippen LogP contribution < -0.4 is 0 Å². The van der Waals surface area contributed by atoms with Gasteiger partial charge in [-0.2, -0.15) is 0 Å². The summed E-state index contributed by atoms with van der Waals surface area (Å²) in [5.74, 6) is 0. The molecule has 0 amide bonds. The van der Waals surface area contributed by atoms with Crippen molar-refractivity contribution in [3.05, 3.63) is 146 Å². The average Bonchev–Trinajstić information content (AvgIpc) is 3.51. The lowest BCUT2D eigenvalue weighted by atomic mass is 10.1. The van der Waals surface area contributed by atoms with Crippen LogP contribution in [-0.4, -0.2) is 9.13 Å². The molecular weight excluding hydrogens is 460 g/mol. The van der Waals surface area contributed by atoms with Crippen molar-refractivity contribution in [2.24, 2.45) is 0 Å². The van der Waals surface area contributed by atoms with E-state index in [9.17, 15) is 0 Å². The van der Waals surface area contributed by atoms with Gasteiger partial charge in [-0.25, -0.2) is 0 Å². The van der Waals surface area contributed by atoms with E-state index >= 15 is 0 Å². The second kappa shape index (κ2) is 8.22. The summed E-state index contributed by atoms with van der Waals surface area (Å²) >= 11 is 0. The molecule has 0 aliphatic heterocycles. The molecule has 0 aliphatic carbocycles. The van der Waals surface area contributed by atoms with Crippen molar-refractivity contribution in [1.82, 2.24) is 9.13 Å². The fourth-order valence-electron chi connectivity index (χ4n) is 6.07. The zero-order chi connectivity index (χ0) is 25.1. The molecule has 2 heterocycles. The van der Waals surface area contributed by atoms with Gasteiger partial charge < -0.3 is 9.13 Å². The van der Waals surface area contributed by atoms with Crippen LogP contribution in [0, 0.1) is 0 Å². The van der Waals surface area contributed by atoms with E-state index in [1.54, 1.807) is 0 Å². The van der Waals surface area contributed by atoms with Crippen LogP contribution in [0.15, 0.2) is 146 Å². The Balaban J connectivity index is 1.50. The second-order valence-electron chi connectivity index (χ2n) is 9.81. The smallest absolute Gasteiger partial charge is 0.0641 e. The minimum Gasteiger partial charge on any atom is -0.309 e. The van der Waals surface area contributed by atoms with Gasteiger partial charge in [0.15, 0.2) is 0 Å². The molecule has 2 aromatic heterocycles. The van der Waals surface area contributed by atoms with Crippen LogP contribution in [0.2, 0.25) is 0 Å². The number of fused-ring (bicyclic) bond motifs is 7. The van der Waals surface area contributed by atoms with Gasteiger partial charge in [0.1, 0.15) is 0 Å². The molecule has 0 spiro atoms. The van der Waals surface area contributed by atoms with Gasteiger partial charge in [-0.05, 0) is 53.6 Å². The van der Waals surface area contributed by atoms with Crippen LogP contribution in [0.5, 0.6) is 0 Å². The first-order chi connectivity index (χ1) is 18.9. The lowest BCUT2D eigenvalue weighted by molar-refractivity contribution is 1.17. The molecule has 0 unspecified atom stereocenters. The molecule has 0 N–H and O–H groups in total. The van der Waals surface area contributed by atoms with Crippen molar-refractivity contribution in [3.8, 4) is 22.5 Å². The third-order valence-corrected chi connectivity index (χ3v) is 7.72. The van der Waals surface area contributed by atoms with Gasteiger partial charge in [-0.1, -0.05) is 103 Å². The maximum absolute atomic E-state index is 2.45. The Morgan fingerprint density at radius 2 is 0.868 bits per heavy atom. The van der Waals surface area contributed by atoms with Crippen molar-refractivity contribution in [3.63, 3.8) is 0 Å². The van der Waals surface area contributed by atoms with Gasteiger partial charge in [0.05, 0.1) is 22.1 Å². The first-order valence-electron chi connectivity index (χ1n) is 13.0. The monoisotopic (exact) mass is 484 g/mol. The largest absolute Gasteiger partial charge is 0.309 e. The summed E-state index contributed by atoms with van der Waals surface area (Å²) in [5.41, 5.74) is 9.71.